The van der Waals surface area contributed by atoms with Gasteiger partial charge in [-0.25, -0.2) is 13.8 Å². The topological polar surface area (TPSA) is 75.2 Å². The highest BCUT2D eigenvalue weighted by Gasteiger charge is 2.25. The van der Waals surface area contributed by atoms with Crippen LogP contribution in [0.3, 0.4) is 0 Å². The van der Waals surface area contributed by atoms with Gasteiger partial charge in [0.2, 0.25) is 5.91 Å². The molecule has 0 saturated carbocycles. The van der Waals surface area contributed by atoms with Crippen LogP contribution in [-0.4, -0.2) is 45.5 Å². The number of thiazole rings is 1. The molecule has 1 unspecified atom stereocenters. The van der Waals surface area contributed by atoms with Gasteiger partial charge in [0, 0.05) is 65.4 Å². The largest absolute Gasteiger partial charge is 0.342 e. The van der Waals surface area contributed by atoms with E-state index in [0.717, 1.165) is 23.2 Å². The summed E-state index contributed by atoms with van der Waals surface area (Å²) in [4.78, 5) is 37.3. The van der Waals surface area contributed by atoms with Crippen molar-refractivity contribution in [2.45, 2.75) is 43.9 Å². The smallest absolute Gasteiger partial charge is 0.275 e. The van der Waals surface area contributed by atoms with E-state index in [1.807, 2.05) is 30.9 Å². The van der Waals surface area contributed by atoms with Crippen molar-refractivity contribution < 1.29 is 18.4 Å². The summed E-state index contributed by atoms with van der Waals surface area (Å²) in [6.07, 6.45) is 4.14. The SMILES string of the molecule is CCN(CCC(C)c1nc(C(=O)Nc2ccccc2-c2cccc(C(C)(F)F)c2)cs1)C(=O)CSc1ccncc1. The van der Waals surface area contributed by atoms with Gasteiger partial charge in [-0.15, -0.1) is 23.1 Å². The maximum atomic E-state index is 13.9. The number of hydrogen-bond acceptors (Lipinski definition) is 6. The third-order valence-electron chi connectivity index (χ3n) is 6.61. The van der Waals surface area contributed by atoms with Crippen LogP contribution in [0.5, 0.6) is 0 Å². The van der Waals surface area contributed by atoms with Crippen LogP contribution in [0.25, 0.3) is 11.1 Å². The zero-order valence-electron chi connectivity index (χ0n) is 23.1. The van der Waals surface area contributed by atoms with Crippen molar-refractivity contribution in [2.75, 3.05) is 24.2 Å². The first kappa shape index (κ1) is 30.3. The van der Waals surface area contributed by atoms with Crippen LogP contribution in [-0.2, 0) is 10.7 Å². The van der Waals surface area contributed by atoms with E-state index in [-0.39, 0.29) is 29.0 Å². The zero-order chi connectivity index (χ0) is 29.4. The molecule has 0 spiro atoms. The molecule has 1 atom stereocenters. The Hall–Kier alpha value is -3.63. The lowest BCUT2D eigenvalue weighted by Gasteiger charge is -2.22. The van der Waals surface area contributed by atoms with Crippen molar-refractivity contribution in [3.63, 3.8) is 0 Å². The number of anilines is 1. The van der Waals surface area contributed by atoms with Crippen LogP contribution >= 0.6 is 23.1 Å². The van der Waals surface area contributed by atoms with E-state index in [2.05, 4.69) is 15.3 Å². The maximum absolute atomic E-state index is 13.9. The molecule has 2 aromatic heterocycles. The third kappa shape index (κ3) is 8.20. The Morgan fingerprint density at radius 1 is 1.10 bits per heavy atom. The number of benzene rings is 2. The summed E-state index contributed by atoms with van der Waals surface area (Å²) in [5.41, 5.74) is 1.94. The Bertz CT molecular complexity index is 1470. The molecule has 2 aromatic carbocycles. The first-order valence-electron chi connectivity index (χ1n) is 13.3. The Morgan fingerprint density at radius 2 is 1.85 bits per heavy atom. The Labute approximate surface area is 247 Å². The fourth-order valence-corrected chi connectivity index (χ4v) is 5.89. The number of halogens is 2. The van der Waals surface area contributed by atoms with E-state index < -0.39 is 5.92 Å². The number of nitrogens with one attached hydrogen (secondary N) is 1. The van der Waals surface area contributed by atoms with E-state index in [1.54, 1.807) is 54.2 Å². The summed E-state index contributed by atoms with van der Waals surface area (Å²) in [7, 11) is 0. The average molecular weight is 595 g/mol. The van der Waals surface area contributed by atoms with Gasteiger partial charge in [0.05, 0.1) is 10.8 Å². The summed E-state index contributed by atoms with van der Waals surface area (Å²) in [6, 6.07) is 17.0. The summed E-state index contributed by atoms with van der Waals surface area (Å²) >= 11 is 2.90. The molecule has 0 radical (unpaired) electrons. The second-order valence-electron chi connectivity index (χ2n) is 9.67. The van der Waals surface area contributed by atoms with Gasteiger partial charge in [-0.3, -0.25) is 14.6 Å². The van der Waals surface area contributed by atoms with Crippen molar-refractivity contribution in [1.82, 2.24) is 14.9 Å². The number of carbonyl (C=O) groups excluding carboxylic acids is 2. The standard InChI is InChI=1S/C31H32F2N4O2S2/c1-4-37(28(38)20-40-24-12-15-34-16-13-24)17-14-21(2)30-36-27(19-41-30)29(39)35-26-11-6-5-10-25(26)22-8-7-9-23(18-22)31(3,32)33/h5-13,15-16,18-19,21H,4,14,17,20H2,1-3H3,(H,35,39). The minimum atomic E-state index is -2.97. The first-order chi connectivity index (χ1) is 19.7. The molecule has 0 bridgehead atoms. The Morgan fingerprint density at radius 3 is 2.59 bits per heavy atom. The fraction of sp³-hybridized carbons (Fsp3) is 0.290. The number of para-hydroxylation sites is 1. The Kier molecular flexibility index (Phi) is 10.2. The predicted molar refractivity (Wildman–Crippen MR) is 162 cm³/mol. The van der Waals surface area contributed by atoms with Crippen LogP contribution in [0.15, 0.2) is 83.3 Å². The number of thioether (sulfide) groups is 1. The monoisotopic (exact) mass is 594 g/mol. The second kappa shape index (κ2) is 13.8. The lowest BCUT2D eigenvalue weighted by atomic mass is 9.99. The molecule has 2 heterocycles. The summed E-state index contributed by atoms with van der Waals surface area (Å²) in [5.74, 6) is -2.85. The molecular formula is C31H32F2N4O2S2. The second-order valence-corrected chi connectivity index (χ2v) is 11.6. The number of carbonyl (C=O) groups is 2. The molecule has 1 N–H and O–H groups in total. The van der Waals surface area contributed by atoms with Crippen molar-refractivity contribution >= 4 is 40.6 Å². The van der Waals surface area contributed by atoms with Gasteiger partial charge in [0.1, 0.15) is 5.69 Å². The van der Waals surface area contributed by atoms with Gasteiger partial charge in [-0.2, -0.15) is 0 Å². The average Bonchev–Trinajstić information content (AvgIpc) is 3.48. The lowest BCUT2D eigenvalue weighted by molar-refractivity contribution is -0.128. The molecule has 41 heavy (non-hydrogen) atoms. The van der Waals surface area contributed by atoms with E-state index >= 15 is 0 Å². The zero-order valence-corrected chi connectivity index (χ0v) is 24.8. The van der Waals surface area contributed by atoms with E-state index in [4.69, 9.17) is 0 Å². The molecule has 4 aromatic rings. The lowest BCUT2D eigenvalue weighted by Crippen LogP contribution is -2.33. The van der Waals surface area contributed by atoms with Gasteiger partial charge in [-0.05, 0) is 43.2 Å². The van der Waals surface area contributed by atoms with E-state index in [1.165, 1.54) is 35.2 Å². The molecule has 0 aliphatic carbocycles. The van der Waals surface area contributed by atoms with Crippen molar-refractivity contribution in [1.29, 1.82) is 0 Å². The first-order valence-corrected chi connectivity index (χ1v) is 15.2. The summed E-state index contributed by atoms with van der Waals surface area (Å²) < 4.78 is 27.8. The fourth-order valence-electron chi connectivity index (χ4n) is 4.21. The molecule has 10 heteroatoms. The van der Waals surface area contributed by atoms with Crippen LogP contribution in [0.4, 0.5) is 14.5 Å². The van der Waals surface area contributed by atoms with Gasteiger partial charge < -0.3 is 10.2 Å². The van der Waals surface area contributed by atoms with Crippen LogP contribution < -0.4 is 5.32 Å². The molecule has 4 rings (SSSR count). The molecular weight excluding hydrogens is 562 g/mol. The van der Waals surface area contributed by atoms with Crippen LogP contribution in [0, 0.1) is 0 Å². The predicted octanol–water partition coefficient (Wildman–Crippen LogP) is 7.70. The molecule has 214 valence electrons. The summed E-state index contributed by atoms with van der Waals surface area (Å²) in [5, 5.41) is 5.43. The Balaban J connectivity index is 1.37. The van der Waals surface area contributed by atoms with E-state index in [9.17, 15) is 18.4 Å². The number of pyridine rings is 1. The molecule has 0 aliphatic rings. The normalized spacial score (nSPS) is 12.1. The number of alkyl halides is 2. The molecule has 6 nitrogen and oxygen atoms in total. The van der Waals surface area contributed by atoms with Crippen molar-refractivity contribution in [3.8, 4) is 11.1 Å². The van der Waals surface area contributed by atoms with E-state index in [0.29, 0.717) is 35.7 Å². The number of amides is 2. The van der Waals surface area contributed by atoms with Crippen molar-refractivity contribution in [2.24, 2.45) is 0 Å². The number of nitrogens with zero attached hydrogens (tertiary/aromatic N) is 3. The molecule has 0 saturated heterocycles. The minimum absolute atomic E-state index is 0.0574. The van der Waals surface area contributed by atoms with Crippen LogP contribution in [0.1, 0.15) is 54.2 Å². The minimum Gasteiger partial charge on any atom is -0.342 e. The van der Waals surface area contributed by atoms with Crippen molar-refractivity contribution in [3.05, 3.63) is 94.7 Å². The highest BCUT2D eigenvalue weighted by atomic mass is 32.2. The third-order valence-corrected chi connectivity index (χ3v) is 8.68. The van der Waals surface area contributed by atoms with Gasteiger partial charge in [-0.1, -0.05) is 43.3 Å². The number of hydrogen-bond donors (Lipinski definition) is 1. The molecule has 2 amide bonds. The highest BCUT2D eigenvalue weighted by Crippen LogP contribution is 2.34. The number of rotatable bonds is 12. The maximum Gasteiger partial charge on any atom is 0.275 e. The molecule has 0 aliphatic heterocycles. The van der Waals surface area contributed by atoms with Gasteiger partial charge in [0.15, 0.2) is 0 Å². The van der Waals surface area contributed by atoms with Gasteiger partial charge >= 0.3 is 0 Å². The van der Waals surface area contributed by atoms with Crippen LogP contribution in [0.2, 0.25) is 0 Å². The quantitative estimate of drug-likeness (QED) is 0.170. The summed E-state index contributed by atoms with van der Waals surface area (Å²) in [6.45, 7) is 6.08. The number of aromatic nitrogens is 2. The molecule has 0 fully saturated rings. The highest BCUT2D eigenvalue weighted by molar-refractivity contribution is 8.00. The van der Waals surface area contributed by atoms with Gasteiger partial charge in [0.25, 0.3) is 11.8 Å².